The van der Waals surface area contributed by atoms with Gasteiger partial charge in [0.1, 0.15) is 17.3 Å². The van der Waals surface area contributed by atoms with Gasteiger partial charge in [-0.25, -0.2) is 4.39 Å². The highest BCUT2D eigenvalue weighted by Crippen LogP contribution is 2.29. The molecule has 27 heavy (non-hydrogen) atoms. The molecule has 2 N–H and O–H groups in total. The van der Waals surface area contributed by atoms with Crippen LogP contribution in [0.2, 0.25) is 0 Å². The summed E-state index contributed by atoms with van der Waals surface area (Å²) < 4.78 is 20.1. The van der Waals surface area contributed by atoms with E-state index in [4.69, 9.17) is 4.52 Å². The van der Waals surface area contributed by atoms with Gasteiger partial charge in [0.15, 0.2) is 5.96 Å². The molecule has 0 bridgehead atoms. The standard InChI is InChI=1S/C21H23FN4O/c1-14(20-12-17(26-27-20)13-25-21(23-2)24-3)16-9-10-18(19(22)11-16)15-7-5-4-6-8-15/h4-12,14H,13H2,1-3H3,(H2,23,24,25). The van der Waals surface area contributed by atoms with Gasteiger partial charge in [0, 0.05) is 31.6 Å². The van der Waals surface area contributed by atoms with Gasteiger partial charge in [0.05, 0.1) is 6.54 Å². The molecule has 140 valence electrons. The van der Waals surface area contributed by atoms with Crippen molar-refractivity contribution in [2.24, 2.45) is 4.99 Å². The molecule has 2 aromatic carbocycles. The van der Waals surface area contributed by atoms with Crippen LogP contribution in [0.3, 0.4) is 0 Å². The zero-order valence-electron chi connectivity index (χ0n) is 15.7. The first-order chi connectivity index (χ1) is 13.1. The second-order valence-electron chi connectivity index (χ2n) is 6.22. The van der Waals surface area contributed by atoms with E-state index in [-0.39, 0.29) is 11.7 Å². The van der Waals surface area contributed by atoms with Crippen molar-refractivity contribution >= 4 is 5.96 Å². The third-order valence-electron chi connectivity index (χ3n) is 4.48. The fourth-order valence-electron chi connectivity index (χ4n) is 2.89. The zero-order valence-corrected chi connectivity index (χ0v) is 15.7. The topological polar surface area (TPSA) is 62.5 Å². The third kappa shape index (κ3) is 4.34. The molecule has 0 saturated heterocycles. The summed E-state index contributed by atoms with van der Waals surface area (Å²) in [6.07, 6.45) is 0. The number of halogens is 1. The molecule has 0 saturated carbocycles. The van der Waals surface area contributed by atoms with Crippen LogP contribution in [0.15, 0.2) is 64.1 Å². The molecule has 0 aliphatic carbocycles. The predicted molar refractivity (Wildman–Crippen MR) is 105 cm³/mol. The smallest absolute Gasteiger partial charge is 0.191 e. The molecule has 1 heterocycles. The summed E-state index contributed by atoms with van der Waals surface area (Å²) in [4.78, 5) is 4.05. The quantitative estimate of drug-likeness (QED) is 0.531. The lowest BCUT2D eigenvalue weighted by atomic mass is 9.95. The molecule has 0 spiro atoms. The number of hydrogen-bond donors (Lipinski definition) is 2. The van der Waals surface area contributed by atoms with E-state index in [1.807, 2.05) is 55.5 Å². The fourth-order valence-corrected chi connectivity index (χ4v) is 2.89. The number of aliphatic imine (C=N–C) groups is 1. The molecule has 3 aromatic rings. The Hall–Kier alpha value is -3.15. The van der Waals surface area contributed by atoms with Crippen molar-refractivity contribution in [1.29, 1.82) is 0 Å². The van der Waals surface area contributed by atoms with E-state index in [0.29, 0.717) is 23.8 Å². The van der Waals surface area contributed by atoms with E-state index in [0.717, 1.165) is 16.8 Å². The number of aromatic nitrogens is 1. The second-order valence-corrected chi connectivity index (χ2v) is 6.22. The van der Waals surface area contributed by atoms with Crippen LogP contribution in [0.1, 0.15) is 29.9 Å². The summed E-state index contributed by atoms with van der Waals surface area (Å²) >= 11 is 0. The summed E-state index contributed by atoms with van der Waals surface area (Å²) in [5, 5.41) is 10.1. The van der Waals surface area contributed by atoms with Gasteiger partial charge < -0.3 is 15.2 Å². The maximum absolute atomic E-state index is 14.6. The molecular formula is C21H23FN4O. The molecular weight excluding hydrogens is 343 g/mol. The highest BCUT2D eigenvalue weighted by molar-refractivity contribution is 5.79. The first-order valence-corrected chi connectivity index (χ1v) is 8.81. The number of nitrogens with one attached hydrogen (secondary N) is 2. The molecule has 0 aliphatic rings. The summed E-state index contributed by atoms with van der Waals surface area (Å²) in [7, 11) is 3.49. The van der Waals surface area contributed by atoms with E-state index in [1.54, 1.807) is 20.2 Å². The van der Waals surface area contributed by atoms with E-state index in [2.05, 4.69) is 20.8 Å². The monoisotopic (exact) mass is 366 g/mol. The molecule has 1 aromatic heterocycles. The van der Waals surface area contributed by atoms with Gasteiger partial charge in [0.2, 0.25) is 0 Å². The Morgan fingerprint density at radius 3 is 2.63 bits per heavy atom. The van der Waals surface area contributed by atoms with Crippen molar-refractivity contribution in [3.63, 3.8) is 0 Å². The number of rotatable bonds is 5. The fraction of sp³-hybridized carbons (Fsp3) is 0.238. The first kappa shape index (κ1) is 18.6. The molecule has 0 aliphatic heterocycles. The number of benzene rings is 2. The van der Waals surface area contributed by atoms with E-state index in [9.17, 15) is 4.39 Å². The van der Waals surface area contributed by atoms with Gasteiger partial charge >= 0.3 is 0 Å². The Morgan fingerprint density at radius 1 is 1.19 bits per heavy atom. The van der Waals surface area contributed by atoms with Crippen LogP contribution >= 0.6 is 0 Å². The summed E-state index contributed by atoms with van der Waals surface area (Å²) in [6, 6.07) is 16.7. The van der Waals surface area contributed by atoms with Crippen molar-refractivity contribution in [3.05, 3.63) is 77.4 Å². The Bertz CT molecular complexity index is 921. The molecule has 6 heteroatoms. The lowest BCUT2D eigenvalue weighted by molar-refractivity contribution is 0.369. The minimum atomic E-state index is -0.246. The molecule has 0 radical (unpaired) electrons. The summed E-state index contributed by atoms with van der Waals surface area (Å²) in [5.41, 5.74) is 3.05. The van der Waals surface area contributed by atoms with Crippen LogP contribution < -0.4 is 10.6 Å². The number of guanidine groups is 1. The van der Waals surface area contributed by atoms with Gasteiger partial charge in [-0.2, -0.15) is 0 Å². The lowest BCUT2D eigenvalue weighted by Gasteiger charge is -2.11. The van der Waals surface area contributed by atoms with Crippen LogP contribution in [-0.2, 0) is 6.54 Å². The van der Waals surface area contributed by atoms with Gasteiger partial charge in [-0.15, -0.1) is 0 Å². The average molecular weight is 366 g/mol. The minimum Gasteiger partial charge on any atom is -0.360 e. The van der Waals surface area contributed by atoms with E-state index in [1.165, 1.54) is 0 Å². The summed E-state index contributed by atoms with van der Waals surface area (Å²) in [5.74, 6) is 1.02. The van der Waals surface area contributed by atoms with Crippen molar-refractivity contribution in [2.75, 3.05) is 14.1 Å². The first-order valence-electron chi connectivity index (χ1n) is 8.81. The molecule has 1 unspecified atom stereocenters. The van der Waals surface area contributed by atoms with Crippen LogP contribution in [-0.4, -0.2) is 25.2 Å². The maximum atomic E-state index is 14.6. The average Bonchev–Trinajstić information content (AvgIpc) is 3.18. The third-order valence-corrected chi connectivity index (χ3v) is 4.48. The molecule has 0 fully saturated rings. The summed E-state index contributed by atoms with van der Waals surface area (Å²) in [6.45, 7) is 2.46. The van der Waals surface area contributed by atoms with Gasteiger partial charge in [-0.05, 0) is 17.2 Å². The van der Waals surface area contributed by atoms with Crippen LogP contribution in [0, 0.1) is 5.82 Å². The highest BCUT2D eigenvalue weighted by atomic mass is 19.1. The Kier molecular flexibility index (Phi) is 5.86. The Labute approximate surface area is 158 Å². The minimum absolute atomic E-state index is 0.103. The number of nitrogens with zero attached hydrogens (tertiary/aromatic N) is 2. The predicted octanol–water partition coefficient (Wildman–Crippen LogP) is 3.93. The van der Waals surface area contributed by atoms with Crippen LogP contribution in [0.5, 0.6) is 0 Å². The van der Waals surface area contributed by atoms with E-state index >= 15 is 0 Å². The maximum Gasteiger partial charge on any atom is 0.191 e. The SMILES string of the molecule is C/N=C(\NC)NCc1cc(C(C)c2ccc(-c3ccccc3)c(F)c2)on1. The Balaban J connectivity index is 1.74. The normalized spacial score (nSPS) is 12.7. The molecule has 1 atom stereocenters. The Morgan fingerprint density at radius 2 is 1.96 bits per heavy atom. The number of hydrogen-bond acceptors (Lipinski definition) is 3. The van der Waals surface area contributed by atoms with Gasteiger partial charge in [-0.3, -0.25) is 4.99 Å². The highest BCUT2D eigenvalue weighted by Gasteiger charge is 2.17. The molecule has 0 amide bonds. The molecule has 3 rings (SSSR count). The van der Waals surface area contributed by atoms with E-state index < -0.39 is 0 Å². The second kappa shape index (κ2) is 8.49. The zero-order chi connectivity index (χ0) is 19.2. The lowest BCUT2D eigenvalue weighted by Crippen LogP contribution is -2.34. The van der Waals surface area contributed by atoms with Gasteiger partial charge in [0.25, 0.3) is 0 Å². The largest absolute Gasteiger partial charge is 0.360 e. The van der Waals surface area contributed by atoms with Crippen LogP contribution in [0.4, 0.5) is 4.39 Å². The van der Waals surface area contributed by atoms with Crippen molar-refractivity contribution in [3.8, 4) is 11.1 Å². The van der Waals surface area contributed by atoms with Gasteiger partial charge in [-0.1, -0.05) is 54.5 Å². The van der Waals surface area contributed by atoms with Crippen molar-refractivity contribution in [1.82, 2.24) is 15.8 Å². The van der Waals surface area contributed by atoms with Crippen molar-refractivity contribution < 1.29 is 8.91 Å². The van der Waals surface area contributed by atoms with Crippen LogP contribution in [0.25, 0.3) is 11.1 Å². The molecule has 5 nitrogen and oxygen atoms in total. The van der Waals surface area contributed by atoms with Crippen molar-refractivity contribution in [2.45, 2.75) is 19.4 Å².